The molecule has 0 amide bonds. The molecule has 0 radical (unpaired) electrons. The lowest BCUT2D eigenvalue weighted by Gasteiger charge is -2.00. The van der Waals surface area contributed by atoms with Gasteiger partial charge in [0.1, 0.15) is 11.3 Å². The highest BCUT2D eigenvalue weighted by molar-refractivity contribution is 5.80. The first-order valence-electron chi connectivity index (χ1n) is 7.82. The van der Waals surface area contributed by atoms with Crippen molar-refractivity contribution in [2.24, 2.45) is 0 Å². The maximum atomic E-state index is 10.4. The van der Waals surface area contributed by atoms with Gasteiger partial charge >= 0.3 is 5.97 Å². The topological polar surface area (TPSA) is 63.3 Å². The lowest BCUT2D eigenvalue weighted by molar-refractivity contribution is -0.137. The molecule has 4 nitrogen and oxygen atoms in total. The summed E-state index contributed by atoms with van der Waals surface area (Å²) >= 11 is 0. The summed E-state index contributed by atoms with van der Waals surface area (Å²) in [6.07, 6.45) is 8.92. The van der Waals surface area contributed by atoms with Crippen LogP contribution in [0.2, 0.25) is 0 Å². The van der Waals surface area contributed by atoms with E-state index in [0.29, 0.717) is 6.42 Å². The number of nitrogens with zero attached hydrogens (tertiary/aromatic N) is 1. The number of carbonyl (C=O) groups is 1. The molecule has 4 heteroatoms. The number of benzene rings is 1. The van der Waals surface area contributed by atoms with E-state index in [-0.39, 0.29) is 0 Å². The fourth-order valence-electron chi connectivity index (χ4n) is 2.57. The Kier molecular flexibility index (Phi) is 6.25. The molecule has 0 spiro atoms. The number of carboxylic acid groups (broad SMARTS) is 1. The third-order valence-corrected chi connectivity index (χ3v) is 3.75. The second kappa shape index (κ2) is 8.45. The van der Waals surface area contributed by atoms with Crippen LogP contribution in [-0.4, -0.2) is 16.2 Å². The molecule has 0 saturated carbocycles. The van der Waals surface area contributed by atoms with Gasteiger partial charge in [-0.05, 0) is 25.0 Å². The van der Waals surface area contributed by atoms with Crippen LogP contribution in [0.5, 0.6) is 0 Å². The van der Waals surface area contributed by atoms with E-state index in [1.807, 2.05) is 18.2 Å². The molecule has 2 rings (SSSR count). The number of unbranched alkanes of at least 4 members (excludes halogenated alkanes) is 6. The average molecular weight is 289 g/mol. The van der Waals surface area contributed by atoms with Crippen molar-refractivity contribution in [3.63, 3.8) is 0 Å². The normalized spacial score (nSPS) is 11.0. The summed E-state index contributed by atoms with van der Waals surface area (Å²) < 4.78 is 5.39. The number of rotatable bonds is 10. The SMILES string of the molecule is O=C(O)CCCCCCCCCc1onc2ccccc12. The maximum Gasteiger partial charge on any atom is 0.303 e. The first-order valence-corrected chi connectivity index (χ1v) is 7.82. The third kappa shape index (κ3) is 5.21. The van der Waals surface area contributed by atoms with E-state index in [4.69, 9.17) is 9.63 Å². The number of fused-ring (bicyclic) bond motifs is 1. The highest BCUT2D eigenvalue weighted by Crippen LogP contribution is 2.20. The van der Waals surface area contributed by atoms with Crippen LogP contribution < -0.4 is 0 Å². The van der Waals surface area contributed by atoms with Crippen molar-refractivity contribution in [3.8, 4) is 0 Å². The van der Waals surface area contributed by atoms with Crippen LogP contribution in [0.3, 0.4) is 0 Å². The molecule has 1 aromatic heterocycles. The Balaban J connectivity index is 1.55. The first-order chi connectivity index (χ1) is 10.3. The van der Waals surface area contributed by atoms with E-state index in [1.165, 1.54) is 19.3 Å². The summed E-state index contributed by atoms with van der Waals surface area (Å²) in [5, 5.41) is 13.7. The van der Waals surface area contributed by atoms with E-state index < -0.39 is 5.97 Å². The zero-order chi connectivity index (χ0) is 14.9. The smallest absolute Gasteiger partial charge is 0.303 e. The fraction of sp³-hybridized carbons (Fsp3) is 0.529. The van der Waals surface area contributed by atoms with Crippen LogP contribution in [0.15, 0.2) is 28.8 Å². The summed E-state index contributed by atoms with van der Waals surface area (Å²) in [4.78, 5) is 10.4. The molecule has 114 valence electrons. The van der Waals surface area contributed by atoms with E-state index in [1.54, 1.807) is 0 Å². The van der Waals surface area contributed by atoms with Gasteiger partial charge in [0.25, 0.3) is 0 Å². The zero-order valence-corrected chi connectivity index (χ0v) is 12.4. The van der Waals surface area contributed by atoms with Gasteiger partial charge in [0.05, 0.1) is 0 Å². The van der Waals surface area contributed by atoms with Crippen LogP contribution in [0.25, 0.3) is 10.9 Å². The molecule has 0 atom stereocenters. The number of hydrogen-bond donors (Lipinski definition) is 1. The largest absolute Gasteiger partial charge is 0.481 e. The van der Waals surface area contributed by atoms with E-state index >= 15 is 0 Å². The Labute approximate surface area is 125 Å². The average Bonchev–Trinajstić information content (AvgIpc) is 2.88. The molecular formula is C17H23NO3. The van der Waals surface area contributed by atoms with Crippen molar-refractivity contribution in [2.75, 3.05) is 0 Å². The van der Waals surface area contributed by atoms with Gasteiger partial charge in [0.15, 0.2) is 0 Å². The van der Waals surface area contributed by atoms with Crippen LogP contribution in [0.4, 0.5) is 0 Å². The molecule has 21 heavy (non-hydrogen) atoms. The molecule has 0 bridgehead atoms. The van der Waals surface area contributed by atoms with Crippen molar-refractivity contribution in [3.05, 3.63) is 30.0 Å². The molecule has 1 N–H and O–H groups in total. The predicted octanol–water partition coefficient (Wildman–Crippen LogP) is 4.58. The summed E-state index contributed by atoms with van der Waals surface area (Å²) in [7, 11) is 0. The van der Waals surface area contributed by atoms with Gasteiger partial charge < -0.3 is 9.63 Å². The Morgan fingerprint density at radius 3 is 2.43 bits per heavy atom. The summed E-state index contributed by atoms with van der Waals surface area (Å²) in [5.41, 5.74) is 0.936. The van der Waals surface area contributed by atoms with Crippen LogP contribution >= 0.6 is 0 Å². The van der Waals surface area contributed by atoms with Gasteiger partial charge in [-0.2, -0.15) is 0 Å². The van der Waals surface area contributed by atoms with Gasteiger partial charge in [0.2, 0.25) is 0 Å². The highest BCUT2D eigenvalue weighted by Gasteiger charge is 2.06. The number of carboxylic acids is 1. The van der Waals surface area contributed by atoms with Gasteiger partial charge in [-0.3, -0.25) is 4.79 Å². The van der Waals surface area contributed by atoms with E-state index in [2.05, 4.69) is 11.2 Å². The lowest BCUT2D eigenvalue weighted by atomic mass is 10.1. The minimum Gasteiger partial charge on any atom is -0.481 e. The van der Waals surface area contributed by atoms with Crippen molar-refractivity contribution in [2.45, 2.75) is 57.8 Å². The first kappa shape index (κ1) is 15.5. The molecule has 0 aliphatic rings. The van der Waals surface area contributed by atoms with Gasteiger partial charge in [-0.1, -0.05) is 49.4 Å². The summed E-state index contributed by atoms with van der Waals surface area (Å²) in [6, 6.07) is 8.02. The minimum absolute atomic E-state index is 0.304. The fourth-order valence-corrected chi connectivity index (χ4v) is 2.57. The quantitative estimate of drug-likeness (QED) is 0.650. The molecule has 1 heterocycles. The predicted molar refractivity (Wildman–Crippen MR) is 82.3 cm³/mol. The maximum absolute atomic E-state index is 10.4. The number of hydrogen-bond acceptors (Lipinski definition) is 3. The number of aliphatic carboxylic acids is 1. The molecule has 1 aromatic carbocycles. The second-order valence-electron chi connectivity index (χ2n) is 5.49. The molecule has 0 unspecified atom stereocenters. The Morgan fingerprint density at radius 1 is 1.00 bits per heavy atom. The van der Waals surface area contributed by atoms with Gasteiger partial charge in [0, 0.05) is 18.2 Å². The van der Waals surface area contributed by atoms with Gasteiger partial charge in [-0.15, -0.1) is 0 Å². The molecular weight excluding hydrogens is 266 g/mol. The van der Waals surface area contributed by atoms with E-state index in [0.717, 1.165) is 48.8 Å². The molecule has 0 saturated heterocycles. The van der Waals surface area contributed by atoms with Crippen molar-refractivity contribution < 1.29 is 14.4 Å². The van der Waals surface area contributed by atoms with Crippen LogP contribution in [0, 0.1) is 0 Å². The Hall–Kier alpha value is -1.84. The highest BCUT2D eigenvalue weighted by atomic mass is 16.5. The standard InChI is InChI=1S/C17H23NO3/c19-17(20)13-7-5-3-1-2-4-6-12-16-14-10-8-9-11-15(14)18-21-16/h8-11H,1-7,12-13H2,(H,19,20). The number of aromatic nitrogens is 1. The van der Waals surface area contributed by atoms with Crippen molar-refractivity contribution in [1.29, 1.82) is 0 Å². The van der Waals surface area contributed by atoms with Crippen molar-refractivity contribution in [1.82, 2.24) is 5.16 Å². The minimum atomic E-state index is -0.686. The zero-order valence-electron chi connectivity index (χ0n) is 12.4. The Morgan fingerprint density at radius 2 is 1.67 bits per heavy atom. The number of aryl methyl sites for hydroxylation is 1. The Bertz CT molecular complexity index is 562. The molecule has 2 aromatic rings. The van der Waals surface area contributed by atoms with Gasteiger partial charge in [-0.25, -0.2) is 0 Å². The second-order valence-corrected chi connectivity index (χ2v) is 5.49. The third-order valence-electron chi connectivity index (χ3n) is 3.75. The lowest BCUT2D eigenvalue weighted by Crippen LogP contribution is -1.93. The molecule has 0 aliphatic carbocycles. The molecule has 0 aliphatic heterocycles. The molecule has 0 fully saturated rings. The van der Waals surface area contributed by atoms with Crippen LogP contribution in [0.1, 0.15) is 57.1 Å². The van der Waals surface area contributed by atoms with E-state index in [9.17, 15) is 4.79 Å². The summed E-state index contributed by atoms with van der Waals surface area (Å²) in [6.45, 7) is 0. The van der Waals surface area contributed by atoms with Crippen LogP contribution in [-0.2, 0) is 11.2 Å². The summed E-state index contributed by atoms with van der Waals surface area (Å²) in [5.74, 6) is 0.307. The van der Waals surface area contributed by atoms with Crippen molar-refractivity contribution >= 4 is 16.9 Å². The monoisotopic (exact) mass is 289 g/mol.